The molecule has 2 aromatic rings. The van der Waals surface area contributed by atoms with Gasteiger partial charge >= 0.3 is 0 Å². The van der Waals surface area contributed by atoms with Crippen LogP contribution < -0.4 is 5.32 Å². The third-order valence-corrected chi connectivity index (χ3v) is 5.10. The molecule has 0 saturated heterocycles. The van der Waals surface area contributed by atoms with Gasteiger partial charge in [0.05, 0.1) is 0 Å². The number of fused-ring (bicyclic) bond motifs is 1. The van der Waals surface area contributed by atoms with Gasteiger partial charge in [0.15, 0.2) is 0 Å². The van der Waals surface area contributed by atoms with Crippen LogP contribution in [-0.4, -0.2) is 11.1 Å². The maximum absolute atomic E-state index is 3.65. The molecule has 112 valence electrons. The predicted molar refractivity (Wildman–Crippen MR) is 91.6 cm³/mol. The highest BCUT2D eigenvalue weighted by atomic mass is 79.9. The van der Waals surface area contributed by atoms with Crippen LogP contribution in [-0.2, 0) is 13.0 Å². The summed E-state index contributed by atoms with van der Waals surface area (Å²) in [6.07, 6.45) is 9.84. The van der Waals surface area contributed by atoms with Gasteiger partial charge in [-0.2, -0.15) is 0 Å². The highest BCUT2D eigenvalue weighted by molar-refractivity contribution is 9.10. The zero-order valence-corrected chi connectivity index (χ0v) is 14.2. The zero-order chi connectivity index (χ0) is 14.7. The number of benzene rings is 1. The molecular weight excluding hydrogens is 324 g/mol. The van der Waals surface area contributed by atoms with Crippen molar-refractivity contribution in [2.45, 2.75) is 45.2 Å². The maximum Gasteiger partial charge on any atom is 0.0481 e. The first-order chi connectivity index (χ1) is 10.3. The summed E-state index contributed by atoms with van der Waals surface area (Å²) in [5.74, 6) is 0. The molecule has 1 N–H and O–H groups in total. The molecule has 0 fully saturated rings. The third kappa shape index (κ3) is 3.41. The lowest BCUT2D eigenvalue weighted by Crippen LogP contribution is -2.20. The average Bonchev–Trinajstić information content (AvgIpc) is 2.79. The molecule has 1 heterocycles. The van der Waals surface area contributed by atoms with E-state index in [2.05, 4.69) is 69.4 Å². The van der Waals surface area contributed by atoms with Crippen LogP contribution >= 0.6 is 15.9 Å². The Hall–Kier alpha value is -1.06. The first-order valence-corrected chi connectivity index (χ1v) is 8.72. The molecule has 1 aromatic heterocycles. The quantitative estimate of drug-likeness (QED) is 0.795. The second-order valence-electron chi connectivity index (χ2n) is 5.86. The van der Waals surface area contributed by atoms with E-state index in [1.807, 2.05) is 0 Å². The number of aryl methyl sites for hydroxylation is 1. The average molecular weight is 347 g/mol. The number of hydrogen-bond donors (Lipinski definition) is 1. The van der Waals surface area contributed by atoms with Crippen molar-refractivity contribution in [3.63, 3.8) is 0 Å². The van der Waals surface area contributed by atoms with E-state index in [0.717, 1.165) is 13.1 Å². The van der Waals surface area contributed by atoms with Crippen LogP contribution in [0.3, 0.4) is 0 Å². The zero-order valence-electron chi connectivity index (χ0n) is 12.6. The molecule has 1 atom stereocenters. The summed E-state index contributed by atoms with van der Waals surface area (Å²) in [5.41, 5.74) is 4.38. The Morgan fingerprint density at radius 3 is 2.90 bits per heavy atom. The van der Waals surface area contributed by atoms with Gasteiger partial charge in [0, 0.05) is 29.5 Å². The minimum Gasteiger partial charge on any atom is -0.349 e. The van der Waals surface area contributed by atoms with Crippen molar-refractivity contribution in [3.05, 3.63) is 57.8 Å². The number of nitrogens with zero attached hydrogens (tertiary/aromatic N) is 1. The first kappa shape index (κ1) is 14.9. The van der Waals surface area contributed by atoms with Crippen molar-refractivity contribution in [1.29, 1.82) is 0 Å². The smallest absolute Gasteiger partial charge is 0.0481 e. The van der Waals surface area contributed by atoms with E-state index in [1.165, 1.54) is 46.8 Å². The summed E-state index contributed by atoms with van der Waals surface area (Å²) in [7, 11) is 0. The summed E-state index contributed by atoms with van der Waals surface area (Å²) in [6.45, 7) is 4.18. The molecular formula is C18H23BrN2. The standard InChI is InChI=1S/C18H23BrN2/c1-2-20-18-10-6-4-7-14-11-21(13-16(14)18)12-15-8-3-5-9-17(15)19/h3,5,8-9,11,13,18,20H,2,4,6-7,10,12H2,1H3. The van der Waals surface area contributed by atoms with Gasteiger partial charge in [-0.15, -0.1) is 0 Å². The third-order valence-electron chi connectivity index (χ3n) is 4.32. The minimum absolute atomic E-state index is 0.535. The van der Waals surface area contributed by atoms with Gasteiger partial charge in [0.1, 0.15) is 0 Å². The van der Waals surface area contributed by atoms with Crippen molar-refractivity contribution in [1.82, 2.24) is 9.88 Å². The number of rotatable bonds is 4. The predicted octanol–water partition coefficient (Wildman–Crippen LogP) is 4.68. The molecule has 0 amide bonds. The summed E-state index contributed by atoms with van der Waals surface area (Å²) in [6, 6.07) is 9.02. The molecule has 3 heteroatoms. The van der Waals surface area contributed by atoms with Gasteiger partial charge in [0.25, 0.3) is 0 Å². The maximum atomic E-state index is 3.65. The molecule has 1 aliphatic carbocycles. The molecule has 0 aliphatic heterocycles. The number of halogens is 1. The molecule has 3 rings (SSSR count). The minimum atomic E-state index is 0.535. The largest absolute Gasteiger partial charge is 0.349 e. The molecule has 1 aliphatic rings. The van der Waals surface area contributed by atoms with Gasteiger partial charge in [-0.05, 0) is 48.6 Å². The highest BCUT2D eigenvalue weighted by Crippen LogP contribution is 2.30. The number of hydrogen-bond acceptors (Lipinski definition) is 1. The fourth-order valence-electron chi connectivity index (χ4n) is 3.29. The van der Waals surface area contributed by atoms with Crippen LogP contribution in [0, 0.1) is 0 Å². The second-order valence-corrected chi connectivity index (χ2v) is 6.71. The second kappa shape index (κ2) is 6.80. The van der Waals surface area contributed by atoms with E-state index in [4.69, 9.17) is 0 Å². The van der Waals surface area contributed by atoms with Gasteiger partial charge in [0.2, 0.25) is 0 Å². The summed E-state index contributed by atoms with van der Waals surface area (Å²) >= 11 is 3.65. The fourth-order valence-corrected chi connectivity index (χ4v) is 3.70. The normalized spacial score (nSPS) is 18.3. The van der Waals surface area contributed by atoms with E-state index >= 15 is 0 Å². The van der Waals surface area contributed by atoms with Gasteiger partial charge in [-0.25, -0.2) is 0 Å². The number of aromatic nitrogens is 1. The molecule has 21 heavy (non-hydrogen) atoms. The van der Waals surface area contributed by atoms with Crippen LogP contribution in [0.5, 0.6) is 0 Å². The van der Waals surface area contributed by atoms with Crippen LogP contribution in [0.1, 0.15) is 48.9 Å². The summed E-state index contributed by atoms with van der Waals surface area (Å²) in [5, 5.41) is 3.65. The van der Waals surface area contributed by atoms with Crippen LogP contribution in [0.4, 0.5) is 0 Å². The monoisotopic (exact) mass is 346 g/mol. The van der Waals surface area contributed by atoms with E-state index in [-0.39, 0.29) is 0 Å². The Bertz CT molecular complexity index is 603. The van der Waals surface area contributed by atoms with Crippen LogP contribution in [0.2, 0.25) is 0 Å². The Kier molecular flexibility index (Phi) is 4.81. The topological polar surface area (TPSA) is 17.0 Å². The first-order valence-electron chi connectivity index (χ1n) is 7.93. The Morgan fingerprint density at radius 2 is 2.10 bits per heavy atom. The molecule has 1 unspecified atom stereocenters. The highest BCUT2D eigenvalue weighted by Gasteiger charge is 2.19. The van der Waals surface area contributed by atoms with Crippen molar-refractivity contribution < 1.29 is 0 Å². The molecule has 0 radical (unpaired) electrons. The summed E-state index contributed by atoms with van der Waals surface area (Å²) < 4.78 is 3.54. The fraction of sp³-hybridized carbons (Fsp3) is 0.444. The van der Waals surface area contributed by atoms with E-state index in [9.17, 15) is 0 Å². The van der Waals surface area contributed by atoms with E-state index < -0.39 is 0 Å². The van der Waals surface area contributed by atoms with Gasteiger partial charge in [-0.1, -0.05) is 47.5 Å². The van der Waals surface area contributed by atoms with Crippen molar-refractivity contribution in [3.8, 4) is 0 Å². The van der Waals surface area contributed by atoms with Crippen molar-refractivity contribution >= 4 is 15.9 Å². The van der Waals surface area contributed by atoms with Crippen LogP contribution in [0.15, 0.2) is 41.1 Å². The Balaban J connectivity index is 1.85. The summed E-state index contributed by atoms with van der Waals surface area (Å²) in [4.78, 5) is 0. The van der Waals surface area contributed by atoms with E-state index in [0.29, 0.717) is 6.04 Å². The van der Waals surface area contributed by atoms with Crippen LogP contribution in [0.25, 0.3) is 0 Å². The number of nitrogens with one attached hydrogen (secondary N) is 1. The van der Waals surface area contributed by atoms with Gasteiger partial charge in [-0.3, -0.25) is 0 Å². The molecule has 0 saturated carbocycles. The molecule has 2 nitrogen and oxygen atoms in total. The van der Waals surface area contributed by atoms with Gasteiger partial charge < -0.3 is 9.88 Å². The SMILES string of the molecule is CCNC1CCCCc2cn(Cc3ccccc3Br)cc21. The lowest BCUT2D eigenvalue weighted by molar-refractivity contribution is 0.502. The Labute approximate surface area is 135 Å². The lowest BCUT2D eigenvalue weighted by Gasteiger charge is -2.15. The molecule has 0 bridgehead atoms. The molecule has 1 aromatic carbocycles. The van der Waals surface area contributed by atoms with Crippen molar-refractivity contribution in [2.75, 3.05) is 6.54 Å². The molecule has 0 spiro atoms. The van der Waals surface area contributed by atoms with E-state index in [1.54, 1.807) is 0 Å². The van der Waals surface area contributed by atoms with Crippen molar-refractivity contribution in [2.24, 2.45) is 0 Å². The Morgan fingerprint density at radius 1 is 1.24 bits per heavy atom. The lowest BCUT2D eigenvalue weighted by atomic mass is 10.0.